The minimum atomic E-state index is -4.71. The van der Waals surface area contributed by atoms with Crippen molar-refractivity contribution in [1.29, 1.82) is 5.26 Å². The number of carbonyl (C=O) groups is 1. The van der Waals surface area contributed by atoms with Gasteiger partial charge in [-0.1, -0.05) is 19.6 Å². The lowest BCUT2D eigenvalue weighted by Crippen LogP contribution is -2.47. The van der Waals surface area contributed by atoms with Crippen molar-refractivity contribution in [3.8, 4) is 17.3 Å². The van der Waals surface area contributed by atoms with Gasteiger partial charge in [0.25, 0.3) is 0 Å². The van der Waals surface area contributed by atoms with Gasteiger partial charge in [0, 0.05) is 57.2 Å². The highest BCUT2D eigenvalue weighted by Crippen LogP contribution is 2.40. The minimum Gasteiger partial charge on any atom is -0.444 e. The Labute approximate surface area is 257 Å². The molecule has 238 valence electrons. The first-order valence-corrected chi connectivity index (χ1v) is 18.5. The Morgan fingerprint density at radius 2 is 1.95 bits per heavy atom. The first-order valence-electron chi connectivity index (χ1n) is 14.8. The van der Waals surface area contributed by atoms with Crippen molar-refractivity contribution < 1.29 is 27.4 Å². The van der Waals surface area contributed by atoms with Gasteiger partial charge in [0.15, 0.2) is 0 Å². The Morgan fingerprint density at radius 3 is 2.59 bits per heavy atom. The molecule has 0 radical (unpaired) electrons. The molecule has 1 atom stereocenters. The van der Waals surface area contributed by atoms with Crippen LogP contribution in [0.1, 0.15) is 50.3 Å². The van der Waals surface area contributed by atoms with Crippen molar-refractivity contribution in [3.05, 3.63) is 41.2 Å². The third kappa shape index (κ3) is 8.29. The third-order valence-electron chi connectivity index (χ3n) is 7.33. The summed E-state index contributed by atoms with van der Waals surface area (Å²) in [5.41, 5.74) is 0.0262. The Bertz CT molecular complexity index is 1550. The second-order valence-electron chi connectivity index (χ2n) is 13.5. The number of carbonyl (C=O) groups excluding carboxylic acids is 1. The van der Waals surface area contributed by atoms with Crippen LogP contribution in [0.3, 0.4) is 0 Å². The Balaban J connectivity index is 1.71. The molecule has 1 fully saturated rings. The molecule has 0 saturated carbocycles. The number of hydrogen-bond donors (Lipinski definition) is 1. The summed E-state index contributed by atoms with van der Waals surface area (Å²) in [5, 5.41) is 13.3. The number of likely N-dealkylation sites (tertiary alicyclic amines) is 1. The van der Waals surface area contributed by atoms with E-state index < -0.39 is 31.5 Å². The Kier molecular flexibility index (Phi) is 9.65. The van der Waals surface area contributed by atoms with Crippen molar-refractivity contribution in [1.82, 2.24) is 19.4 Å². The second kappa shape index (κ2) is 12.8. The smallest absolute Gasteiger partial charge is 0.419 e. The van der Waals surface area contributed by atoms with E-state index in [2.05, 4.69) is 41.0 Å². The first kappa shape index (κ1) is 33.3. The maximum Gasteiger partial charge on any atom is 0.419 e. The molecule has 1 aromatic carbocycles. The molecule has 1 amide bonds. The van der Waals surface area contributed by atoms with E-state index in [1.807, 2.05) is 0 Å². The van der Waals surface area contributed by atoms with Gasteiger partial charge in [-0.3, -0.25) is 0 Å². The highest BCUT2D eigenvalue weighted by atomic mass is 28.3. The summed E-state index contributed by atoms with van der Waals surface area (Å²) in [6.45, 7) is 15.3. The van der Waals surface area contributed by atoms with E-state index in [0.29, 0.717) is 54.6 Å². The summed E-state index contributed by atoms with van der Waals surface area (Å²) in [7, 11) is -1.35. The van der Waals surface area contributed by atoms with Crippen LogP contribution in [0.5, 0.6) is 0 Å². The molecule has 0 spiro atoms. The quantitative estimate of drug-likeness (QED) is 0.204. The molecular weight excluding hydrogens is 589 g/mol. The average Bonchev–Trinajstić information content (AvgIpc) is 3.25. The van der Waals surface area contributed by atoms with Crippen LogP contribution in [0, 0.1) is 18.3 Å². The van der Waals surface area contributed by atoms with Crippen LogP contribution in [-0.4, -0.2) is 64.9 Å². The molecule has 1 aliphatic heterocycles. The number of nitrogens with zero attached hydrogens (tertiary/aromatic N) is 5. The lowest BCUT2D eigenvalue weighted by Gasteiger charge is -2.34. The third-order valence-corrected chi connectivity index (χ3v) is 9.03. The zero-order valence-electron chi connectivity index (χ0n) is 26.4. The minimum absolute atomic E-state index is 0.0293. The number of alkyl halides is 3. The van der Waals surface area contributed by atoms with Gasteiger partial charge in [-0.15, -0.1) is 0 Å². The number of halogens is 3. The van der Waals surface area contributed by atoms with Crippen LogP contribution < -0.4 is 5.32 Å². The van der Waals surface area contributed by atoms with E-state index >= 15 is 0 Å². The van der Waals surface area contributed by atoms with Gasteiger partial charge < -0.3 is 24.3 Å². The fourth-order valence-corrected chi connectivity index (χ4v) is 5.79. The van der Waals surface area contributed by atoms with Crippen LogP contribution in [0.15, 0.2) is 24.5 Å². The summed E-state index contributed by atoms with van der Waals surface area (Å²) in [6, 6.07) is 6.22. The van der Waals surface area contributed by atoms with Crippen molar-refractivity contribution in [2.45, 2.75) is 90.8 Å². The number of nitriles is 1. The lowest BCUT2D eigenvalue weighted by atomic mass is 10.0. The van der Waals surface area contributed by atoms with Gasteiger partial charge in [-0.25, -0.2) is 14.8 Å². The van der Waals surface area contributed by atoms with Gasteiger partial charge >= 0.3 is 12.3 Å². The van der Waals surface area contributed by atoms with E-state index in [9.17, 15) is 23.2 Å². The molecule has 1 N–H and O–H groups in total. The molecule has 1 saturated heterocycles. The van der Waals surface area contributed by atoms with Gasteiger partial charge in [0.05, 0.1) is 22.8 Å². The molecule has 44 heavy (non-hydrogen) atoms. The highest BCUT2D eigenvalue weighted by Gasteiger charge is 2.37. The highest BCUT2D eigenvalue weighted by molar-refractivity contribution is 6.76. The monoisotopic (exact) mass is 630 g/mol. The number of piperidine rings is 1. The molecule has 1 aliphatic rings. The van der Waals surface area contributed by atoms with Crippen LogP contribution in [-0.2, 0) is 22.4 Å². The maximum atomic E-state index is 14.3. The van der Waals surface area contributed by atoms with Crippen LogP contribution in [0.4, 0.5) is 23.9 Å². The molecule has 2 aromatic heterocycles. The molecule has 3 aromatic rings. The van der Waals surface area contributed by atoms with Crippen molar-refractivity contribution in [2.75, 3.05) is 25.0 Å². The largest absolute Gasteiger partial charge is 0.444 e. The molecule has 9 nitrogen and oxygen atoms in total. The number of fused-ring (bicyclic) bond motifs is 1. The fraction of sp³-hybridized carbons (Fsp3) is 0.548. The number of amides is 1. The zero-order chi connectivity index (χ0) is 32.4. The molecule has 13 heteroatoms. The van der Waals surface area contributed by atoms with Crippen molar-refractivity contribution >= 4 is 31.0 Å². The average molecular weight is 631 g/mol. The number of rotatable bonds is 8. The SMILES string of the molecule is Cc1cc2c(-c3nc(N[C@H]4CCCN(C(=O)OC(C)(C)C)C4)ncc3C(F)(F)F)cn(COCC[Si](C)(C)C)c2cc1C#N. The molecule has 4 rings (SSSR count). The summed E-state index contributed by atoms with van der Waals surface area (Å²) in [6.07, 6.45) is -1.38. The number of aryl methyl sites for hydroxylation is 1. The Morgan fingerprint density at radius 1 is 1.23 bits per heavy atom. The molecule has 0 unspecified atom stereocenters. The molecule has 0 bridgehead atoms. The summed E-state index contributed by atoms with van der Waals surface area (Å²) in [5.74, 6) is 0.0293. The van der Waals surface area contributed by atoms with Crippen LogP contribution in [0.25, 0.3) is 22.2 Å². The van der Waals surface area contributed by atoms with Gasteiger partial charge in [0.2, 0.25) is 5.95 Å². The topological polar surface area (TPSA) is 105 Å². The van der Waals surface area contributed by atoms with E-state index in [1.54, 1.807) is 55.5 Å². The normalized spacial score (nSPS) is 16.2. The first-order chi connectivity index (χ1) is 20.4. The Hall–Kier alpha value is -3.63. The molecule has 3 heterocycles. The number of nitrogens with one attached hydrogen (secondary N) is 1. The second-order valence-corrected chi connectivity index (χ2v) is 19.1. The van der Waals surface area contributed by atoms with Gasteiger partial charge in [0.1, 0.15) is 17.9 Å². The number of anilines is 1. The molecule has 0 aliphatic carbocycles. The van der Waals surface area contributed by atoms with E-state index in [4.69, 9.17) is 9.47 Å². The summed E-state index contributed by atoms with van der Waals surface area (Å²) < 4.78 is 56.2. The van der Waals surface area contributed by atoms with Crippen LogP contribution in [0.2, 0.25) is 25.7 Å². The number of ether oxygens (including phenoxy) is 2. The number of benzene rings is 1. The standard InChI is InChI=1S/C31H41F3N6O3Si/c1-20-13-23-24(18-40(26(23)14-21(20)15-35)19-42-11-12-44(5,6)7)27-25(31(32,33)34)16-36-28(38-27)37-22-9-8-10-39(17-22)29(41)43-30(2,3)4/h13-14,16,18,22H,8-12,17,19H2,1-7H3,(H,36,37,38)/t22-/m0/s1. The van der Waals surface area contributed by atoms with E-state index in [1.165, 1.54) is 0 Å². The number of hydrogen-bond acceptors (Lipinski definition) is 7. The predicted octanol–water partition coefficient (Wildman–Crippen LogP) is 7.42. The van der Waals surface area contributed by atoms with Crippen LogP contribution >= 0.6 is 0 Å². The van der Waals surface area contributed by atoms with Crippen molar-refractivity contribution in [2.24, 2.45) is 0 Å². The summed E-state index contributed by atoms with van der Waals surface area (Å²) >= 11 is 0. The summed E-state index contributed by atoms with van der Waals surface area (Å²) in [4.78, 5) is 22.7. The van der Waals surface area contributed by atoms with Gasteiger partial charge in [-0.2, -0.15) is 18.4 Å². The van der Waals surface area contributed by atoms with Crippen molar-refractivity contribution in [3.63, 3.8) is 0 Å². The fourth-order valence-electron chi connectivity index (χ4n) is 5.04. The van der Waals surface area contributed by atoms with E-state index in [-0.39, 0.29) is 30.0 Å². The molecular formula is C31H41F3N6O3Si. The predicted molar refractivity (Wildman–Crippen MR) is 166 cm³/mol. The van der Waals surface area contributed by atoms with E-state index in [0.717, 1.165) is 12.2 Å². The number of aromatic nitrogens is 3. The van der Waals surface area contributed by atoms with Gasteiger partial charge in [-0.05, 0) is 64.3 Å². The zero-order valence-corrected chi connectivity index (χ0v) is 27.4. The lowest BCUT2D eigenvalue weighted by molar-refractivity contribution is -0.137. The maximum absolute atomic E-state index is 14.3.